The highest BCUT2D eigenvalue weighted by atomic mass is 16.5. The summed E-state index contributed by atoms with van der Waals surface area (Å²) in [4.78, 5) is 4.83. The standard InChI is InChI=1S/C27H30N2O2/c1-20-14-15-22(3)26(18-20)30-17-9-8-16-29-24-12-6-5-11-23(24)28-27(29)19-31-25-13-7-4-10-21(25)2/h4-7,10-15,18H,8-9,16-17,19H2,1-3H3. The van der Waals surface area contributed by atoms with Crippen LogP contribution in [0.1, 0.15) is 35.4 Å². The molecule has 0 radical (unpaired) electrons. The first-order chi connectivity index (χ1) is 15.1. The average Bonchev–Trinajstić information content (AvgIpc) is 3.13. The molecule has 0 unspecified atom stereocenters. The van der Waals surface area contributed by atoms with Crippen molar-refractivity contribution in [1.29, 1.82) is 0 Å². The second-order valence-electron chi connectivity index (χ2n) is 8.05. The Balaban J connectivity index is 1.40. The number of ether oxygens (including phenoxy) is 2. The Morgan fingerprint density at radius 3 is 2.42 bits per heavy atom. The Kier molecular flexibility index (Phi) is 6.56. The first kappa shape index (κ1) is 21.0. The van der Waals surface area contributed by atoms with Crippen molar-refractivity contribution < 1.29 is 9.47 Å². The second kappa shape index (κ2) is 9.69. The molecule has 0 N–H and O–H groups in total. The number of para-hydroxylation sites is 3. The van der Waals surface area contributed by atoms with Crippen molar-refractivity contribution in [3.63, 3.8) is 0 Å². The van der Waals surface area contributed by atoms with Crippen LogP contribution in [0.4, 0.5) is 0 Å². The Morgan fingerprint density at radius 2 is 1.55 bits per heavy atom. The smallest absolute Gasteiger partial charge is 0.147 e. The van der Waals surface area contributed by atoms with Crippen LogP contribution < -0.4 is 9.47 Å². The highest BCUT2D eigenvalue weighted by Gasteiger charge is 2.11. The summed E-state index contributed by atoms with van der Waals surface area (Å²) in [7, 11) is 0. The Morgan fingerprint density at radius 1 is 0.774 bits per heavy atom. The van der Waals surface area contributed by atoms with Gasteiger partial charge in [0.1, 0.15) is 23.9 Å². The quantitative estimate of drug-likeness (QED) is 0.297. The van der Waals surface area contributed by atoms with Crippen molar-refractivity contribution in [3.05, 3.63) is 89.2 Å². The summed E-state index contributed by atoms with van der Waals surface area (Å²) in [5.74, 6) is 2.85. The molecule has 4 heteroatoms. The molecule has 4 rings (SSSR count). The second-order valence-corrected chi connectivity index (χ2v) is 8.05. The largest absolute Gasteiger partial charge is 0.493 e. The maximum atomic E-state index is 6.09. The molecule has 3 aromatic carbocycles. The lowest BCUT2D eigenvalue weighted by Gasteiger charge is -2.13. The van der Waals surface area contributed by atoms with E-state index in [4.69, 9.17) is 14.5 Å². The van der Waals surface area contributed by atoms with Crippen LogP contribution in [0.5, 0.6) is 11.5 Å². The molecule has 0 aliphatic heterocycles. The molecule has 0 amide bonds. The van der Waals surface area contributed by atoms with E-state index in [-0.39, 0.29) is 0 Å². The van der Waals surface area contributed by atoms with Crippen molar-refractivity contribution in [3.8, 4) is 11.5 Å². The lowest BCUT2D eigenvalue weighted by Crippen LogP contribution is -2.09. The van der Waals surface area contributed by atoms with Gasteiger partial charge in [0.15, 0.2) is 0 Å². The summed E-state index contributed by atoms with van der Waals surface area (Å²) >= 11 is 0. The van der Waals surface area contributed by atoms with Crippen molar-refractivity contribution in [1.82, 2.24) is 9.55 Å². The normalized spacial score (nSPS) is 11.1. The van der Waals surface area contributed by atoms with Crippen LogP contribution in [0.15, 0.2) is 66.7 Å². The molecule has 0 aliphatic rings. The fourth-order valence-electron chi connectivity index (χ4n) is 3.76. The molecule has 1 aromatic heterocycles. The van der Waals surface area contributed by atoms with E-state index in [0.717, 1.165) is 53.3 Å². The number of hydrogen-bond donors (Lipinski definition) is 0. The van der Waals surface area contributed by atoms with Gasteiger partial charge >= 0.3 is 0 Å². The van der Waals surface area contributed by atoms with Gasteiger partial charge in [-0.3, -0.25) is 0 Å². The molecule has 0 saturated carbocycles. The summed E-state index contributed by atoms with van der Waals surface area (Å²) in [5.41, 5.74) is 5.71. The number of imidazole rings is 1. The predicted molar refractivity (Wildman–Crippen MR) is 126 cm³/mol. The third-order valence-electron chi connectivity index (χ3n) is 5.56. The van der Waals surface area contributed by atoms with Gasteiger partial charge in [0.25, 0.3) is 0 Å². The lowest BCUT2D eigenvalue weighted by molar-refractivity contribution is 0.283. The molecular formula is C27H30N2O2. The number of nitrogens with zero attached hydrogens (tertiary/aromatic N) is 2. The Hall–Kier alpha value is -3.27. The molecular weight excluding hydrogens is 384 g/mol. The number of aromatic nitrogens is 2. The number of benzene rings is 3. The van der Waals surface area contributed by atoms with Gasteiger partial charge in [-0.15, -0.1) is 0 Å². The highest BCUT2D eigenvalue weighted by molar-refractivity contribution is 5.75. The van der Waals surface area contributed by atoms with E-state index in [1.54, 1.807) is 0 Å². The van der Waals surface area contributed by atoms with Gasteiger partial charge in [0.05, 0.1) is 17.6 Å². The summed E-state index contributed by atoms with van der Waals surface area (Å²) in [6, 6.07) is 22.7. The van der Waals surface area contributed by atoms with E-state index < -0.39 is 0 Å². The topological polar surface area (TPSA) is 36.3 Å². The van der Waals surface area contributed by atoms with Crippen molar-refractivity contribution >= 4 is 11.0 Å². The van der Waals surface area contributed by atoms with E-state index in [2.05, 4.69) is 67.8 Å². The SMILES string of the molecule is Cc1ccc(C)c(OCCCCn2c(COc3ccccc3C)nc3ccccc32)c1. The predicted octanol–water partition coefficient (Wildman–Crippen LogP) is 6.40. The van der Waals surface area contributed by atoms with E-state index in [0.29, 0.717) is 13.2 Å². The van der Waals surface area contributed by atoms with Crippen LogP contribution in [-0.4, -0.2) is 16.2 Å². The third-order valence-corrected chi connectivity index (χ3v) is 5.56. The maximum absolute atomic E-state index is 6.09. The summed E-state index contributed by atoms with van der Waals surface area (Å²) in [5, 5.41) is 0. The zero-order chi connectivity index (χ0) is 21.6. The van der Waals surface area contributed by atoms with Crippen LogP contribution in [0.2, 0.25) is 0 Å². The van der Waals surface area contributed by atoms with E-state index in [1.807, 2.05) is 24.3 Å². The first-order valence-electron chi connectivity index (χ1n) is 10.9. The number of unbranched alkanes of at least 4 members (excludes halogenated alkanes) is 1. The van der Waals surface area contributed by atoms with Crippen LogP contribution in [0.25, 0.3) is 11.0 Å². The minimum Gasteiger partial charge on any atom is -0.493 e. The average molecular weight is 415 g/mol. The van der Waals surface area contributed by atoms with E-state index in [1.165, 1.54) is 11.1 Å². The Labute approximate surface area is 184 Å². The van der Waals surface area contributed by atoms with Gasteiger partial charge in [-0.25, -0.2) is 4.98 Å². The van der Waals surface area contributed by atoms with Crippen LogP contribution in [0.3, 0.4) is 0 Å². The Bertz CT molecular complexity index is 1160. The van der Waals surface area contributed by atoms with Crippen molar-refractivity contribution in [2.24, 2.45) is 0 Å². The minimum absolute atomic E-state index is 0.457. The van der Waals surface area contributed by atoms with Crippen molar-refractivity contribution in [2.75, 3.05) is 6.61 Å². The molecule has 0 bridgehead atoms. The number of fused-ring (bicyclic) bond motifs is 1. The highest BCUT2D eigenvalue weighted by Crippen LogP contribution is 2.22. The van der Waals surface area contributed by atoms with Gasteiger partial charge in [-0.2, -0.15) is 0 Å². The lowest BCUT2D eigenvalue weighted by atomic mass is 10.1. The van der Waals surface area contributed by atoms with Gasteiger partial charge in [0, 0.05) is 6.54 Å². The van der Waals surface area contributed by atoms with Crippen LogP contribution in [-0.2, 0) is 13.2 Å². The molecule has 4 nitrogen and oxygen atoms in total. The summed E-state index contributed by atoms with van der Waals surface area (Å²) in [6.07, 6.45) is 2.00. The molecule has 0 atom stereocenters. The molecule has 0 saturated heterocycles. The summed E-state index contributed by atoms with van der Waals surface area (Å²) < 4.78 is 14.4. The molecule has 0 fully saturated rings. The number of rotatable bonds is 9. The number of hydrogen-bond acceptors (Lipinski definition) is 3. The molecule has 1 heterocycles. The molecule has 160 valence electrons. The van der Waals surface area contributed by atoms with Crippen LogP contribution in [0, 0.1) is 20.8 Å². The molecule has 0 aliphatic carbocycles. The molecule has 4 aromatic rings. The third kappa shape index (κ3) is 5.08. The van der Waals surface area contributed by atoms with E-state index in [9.17, 15) is 0 Å². The monoisotopic (exact) mass is 414 g/mol. The van der Waals surface area contributed by atoms with Crippen molar-refractivity contribution in [2.45, 2.75) is 46.8 Å². The summed E-state index contributed by atoms with van der Waals surface area (Å²) in [6.45, 7) is 8.31. The van der Waals surface area contributed by atoms with Gasteiger partial charge in [0.2, 0.25) is 0 Å². The molecule has 31 heavy (non-hydrogen) atoms. The maximum Gasteiger partial charge on any atom is 0.147 e. The zero-order valence-corrected chi connectivity index (χ0v) is 18.6. The van der Waals surface area contributed by atoms with Gasteiger partial charge < -0.3 is 14.0 Å². The first-order valence-corrected chi connectivity index (χ1v) is 10.9. The fraction of sp³-hybridized carbons (Fsp3) is 0.296. The minimum atomic E-state index is 0.457. The zero-order valence-electron chi connectivity index (χ0n) is 18.6. The van der Waals surface area contributed by atoms with E-state index >= 15 is 0 Å². The fourth-order valence-corrected chi connectivity index (χ4v) is 3.76. The van der Waals surface area contributed by atoms with Crippen LogP contribution >= 0.6 is 0 Å². The van der Waals surface area contributed by atoms with Gasteiger partial charge in [-0.05, 0) is 74.6 Å². The number of aryl methyl sites for hydroxylation is 4. The van der Waals surface area contributed by atoms with Gasteiger partial charge in [-0.1, -0.05) is 42.5 Å². The molecule has 0 spiro atoms.